The number of hydrogen-bond donors (Lipinski definition) is 1. The van der Waals surface area contributed by atoms with Gasteiger partial charge in [-0.2, -0.15) is 0 Å². The van der Waals surface area contributed by atoms with Crippen LogP contribution in [-0.4, -0.2) is 11.7 Å². The fraction of sp³-hybridized carbons (Fsp3) is 0.263. The van der Waals surface area contributed by atoms with Gasteiger partial charge >= 0.3 is 0 Å². The van der Waals surface area contributed by atoms with Gasteiger partial charge in [0, 0.05) is 12.5 Å². The van der Waals surface area contributed by atoms with E-state index in [2.05, 4.69) is 5.32 Å². The molecule has 3 heteroatoms. The maximum absolute atomic E-state index is 12.3. The minimum absolute atomic E-state index is 0.0285. The Bertz CT molecular complexity index is 608. The normalized spacial score (nSPS) is 11.7. The smallest absolute Gasteiger partial charge is 0.227 e. The van der Waals surface area contributed by atoms with Crippen LogP contribution in [0.1, 0.15) is 36.8 Å². The van der Waals surface area contributed by atoms with Gasteiger partial charge in [-0.3, -0.25) is 9.59 Å². The lowest BCUT2D eigenvalue weighted by molar-refractivity contribution is -0.129. The van der Waals surface area contributed by atoms with Gasteiger partial charge in [-0.15, -0.1) is 0 Å². The molecular weight excluding hydrogens is 274 g/mol. The number of carbonyl (C=O) groups excluding carboxylic acids is 2. The second-order valence-corrected chi connectivity index (χ2v) is 5.28. The van der Waals surface area contributed by atoms with Crippen molar-refractivity contribution in [3.63, 3.8) is 0 Å². The summed E-state index contributed by atoms with van der Waals surface area (Å²) < 4.78 is 0. The van der Waals surface area contributed by atoms with Gasteiger partial charge in [-0.05, 0) is 17.5 Å². The van der Waals surface area contributed by atoms with E-state index in [1.54, 1.807) is 0 Å². The van der Waals surface area contributed by atoms with Gasteiger partial charge < -0.3 is 5.32 Å². The number of benzene rings is 2. The first kappa shape index (κ1) is 16.0. The monoisotopic (exact) mass is 295 g/mol. The van der Waals surface area contributed by atoms with Crippen LogP contribution in [0.5, 0.6) is 0 Å². The molecule has 0 aliphatic heterocycles. The number of rotatable bonds is 7. The Morgan fingerprint density at radius 1 is 0.955 bits per heavy atom. The van der Waals surface area contributed by atoms with Crippen molar-refractivity contribution in [1.29, 1.82) is 0 Å². The molecular formula is C19H21NO2. The van der Waals surface area contributed by atoms with Crippen molar-refractivity contribution >= 4 is 11.7 Å². The number of nitrogens with one attached hydrogen (secondary N) is 1. The van der Waals surface area contributed by atoms with Crippen molar-refractivity contribution in [3.05, 3.63) is 71.8 Å². The standard InChI is InChI=1S/C19H21NO2/c1-2-17(16-11-7-4-8-12-16)18(21)13-19(22)20-14-15-9-5-3-6-10-15/h3-12,17H,2,13-14H2,1H3,(H,20,22). The quantitative estimate of drug-likeness (QED) is 0.795. The van der Waals surface area contributed by atoms with E-state index in [4.69, 9.17) is 0 Å². The van der Waals surface area contributed by atoms with Gasteiger partial charge in [0.15, 0.2) is 0 Å². The molecule has 0 heterocycles. The second kappa shape index (κ2) is 8.13. The van der Waals surface area contributed by atoms with Gasteiger partial charge in [-0.25, -0.2) is 0 Å². The molecule has 1 amide bonds. The van der Waals surface area contributed by atoms with Crippen molar-refractivity contribution < 1.29 is 9.59 Å². The number of amides is 1. The third-order valence-electron chi connectivity index (χ3n) is 3.67. The minimum atomic E-state index is -0.219. The van der Waals surface area contributed by atoms with Crippen LogP contribution in [-0.2, 0) is 16.1 Å². The first-order chi connectivity index (χ1) is 10.7. The highest BCUT2D eigenvalue weighted by molar-refractivity contribution is 6.01. The second-order valence-electron chi connectivity index (χ2n) is 5.28. The summed E-state index contributed by atoms with van der Waals surface area (Å²) in [6, 6.07) is 19.3. The molecule has 1 N–H and O–H groups in total. The largest absolute Gasteiger partial charge is 0.352 e. The molecule has 0 aliphatic carbocycles. The molecule has 1 unspecified atom stereocenters. The summed E-state index contributed by atoms with van der Waals surface area (Å²) in [6.07, 6.45) is 0.634. The van der Waals surface area contributed by atoms with Gasteiger partial charge in [0.25, 0.3) is 0 Å². The summed E-state index contributed by atoms with van der Waals surface area (Å²) in [6.45, 7) is 2.42. The molecule has 0 fully saturated rings. The molecule has 0 saturated carbocycles. The van der Waals surface area contributed by atoms with E-state index in [1.165, 1.54) is 0 Å². The molecule has 0 bridgehead atoms. The van der Waals surface area contributed by atoms with Crippen LogP contribution in [0.15, 0.2) is 60.7 Å². The zero-order chi connectivity index (χ0) is 15.8. The molecule has 114 valence electrons. The molecule has 0 radical (unpaired) electrons. The minimum Gasteiger partial charge on any atom is -0.352 e. The Balaban J connectivity index is 1.89. The van der Waals surface area contributed by atoms with E-state index >= 15 is 0 Å². The number of Topliss-reactive ketones (excluding diaryl/α,β-unsaturated/α-hetero) is 1. The Morgan fingerprint density at radius 2 is 1.55 bits per heavy atom. The van der Waals surface area contributed by atoms with Crippen LogP contribution in [0.3, 0.4) is 0 Å². The average molecular weight is 295 g/mol. The Kier molecular flexibility index (Phi) is 5.90. The molecule has 22 heavy (non-hydrogen) atoms. The van der Waals surface area contributed by atoms with Gasteiger partial charge in [0.1, 0.15) is 5.78 Å². The van der Waals surface area contributed by atoms with Crippen LogP contribution < -0.4 is 5.32 Å². The Labute approximate surface area is 131 Å². The highest BCUT2D eigenvalue weighted by Gasteiger charge is 2.20. The molecule has 0 aromatic heterocycles. The average Bonchev–Trinajstić information content (AvgIpc) is 2.55. The van der Waals surface area contributed by atoms with Crippen molar-refractivity contribution in [2.75, 3.05) is 0 Å². The van der Waals surface area contributed by atoms with Crippen molar-refractivity contribution in [1.82, 2.24) is 5.32 Å². The SMILES string of the molecule is CCC(C(=O)CC(=O)NCc1ccccc1)c1ccccc1. The van der Waals surface area contributed by atoms with Crippen LogP contribution in [0.4, 0.5) is 0 Å². The molecule has 1 atom stereocenters. The van der Waals surface area contributed by atoms with E-state index in [1.807, 2.05) is 67.6 Å². The zero-order valence-electron chi connectivity index (χ0n) is 12.8. The lowest BCUT2D eigenvalue weighted by atomic mass is 9.90. The summed E-state index contributed by atoms with van der Waals surface area (Å²) in [5, 5.41) is 2.80. The first-order valence-corrected chi connectivity index (χ1v) is 7.59. The predicted molar refractivity (Wildman–Crippen MR) is 87.4 cm³/mol. The van der Waals surface area contributed by atoms with E-state index in [9.17, 15) is 9.59 Å². The summed E-state index contributed by atoms with van der Waals surface area (Å²) in [5.41, 5.74) is 2.00. The van der Waals surface area contributed by atoms with Crippen molar-refractivity contribution in [2.24, 2.45) is 0 Å². The number of ketones is 1. The molecule has 3 nitrogen and oxygen atoms in total. The molecule has 2 rings (SSSR count). The van der Waals surface area contributed by atoms with E-state index in [-0.39, 0.29) is 24.0 Å². The molecule has 2 aromatic carbocycles. The zero-order valence-corrected chi connectivity index (χ0v) is 12.8. The first-order valence-electron chi connectivity index (χ1n) is 7.59. The molecule has 0 aliphatic rings. The molecule has 0 spiro atoms. The topological polar surface area (TPSA) is 46.2 Å². The van der Waals surface area contributed by atoms with Crippen LogP contribution in [0.25, 0.3) is 0 Å². The van der Waals surface area contributed by atoms with E-state index < -0.39 is 0 Å². The van der Waals surface area contributed by atoms with Gasteiger partial charge in [0.2, 0.25) is 5.91 Å². The number of carbonyl (C=O) groups is 2. The van der Waals surface area contributed by atoms with Gasteiger partial charge in [-0.1, -0.05) is 67.6 Å². The number of hydrogen-bond acceptors (Lipinski definition) is 2. The third-order valence-corrected chi connectivity index (χ3v) is 3.67. The van der Waals surface area contributed by atoms with E-state index in [0.29, 0.717) is 13.0 Å². The van der Waals surface area contributed by atoms with Crippen molar-refractivity contribution in [3.8, 4) is 0 Å². The van der Waals surface area contributed by atoms with Crippen molar-refractivity contribution in [2.45, 2.75) is 32.2 Å². The Hall–Kier alpha value is -2.42. The summed E-state index contributed by atoms with van der Waals surface area (Å²) in [7, 11) is 0. The Morgan fingerprint density at radius 3 is 2.14 bits per heavy atom. The fourth-order valence-electron chi connectivity index (χ4n) is 2.48. The highest BCUT2D eigenvalue weighted by Crippen LogP contribution is 2.21. The maximum atomic E-state index is 12.3. The highest BCUT2D eigenvalue weighted by atomic mass is 16.2. The fourth-order valence-corrected chi connectivity index (χ4v) is 2.48. The lowest BCUT2D eigenvalue weighted by Crippen LogP contribution is -2.27. The maximum Gasteiger partial charge on any atom is 0.227 e. The van der Waals surface area contributed by atoms with Gasteiger partial charge in [0.05, 0.1) is 6.42 Å². The summed E-state index contributed by atoms with van der Waals surface area (Å²) in [5.74, 6) is -0.453. The lowest BCUT2D eigenvalue weighted by Gasteiger charge is -2.14. The van der Waals surface area contributed by atoms with E-state index in [0.717, 1.165) is 11.1 Å². The van der Waals surface area contributed by atoms with Crippen LogP contribution >= 0.6 is 0 Å². The molecule has 2 aromatic rings. The third kappa shape index (κ3) is 4.55. The summed E-state index contributed by atoms with van der Waals surface area (Å²) in [4.78, 5) is 24.3. The van der Waals surface area contributed by atoms with Crippen LogP contribution in [0.2, 0.25) is 0 Å². The van der Waals surface area contributed by atoms with Crippen LogP contribution in [0, 0.1) is 0 Å². The molecule has 0 saturated heterocycles. The summed E-state index contributed by atoms with van der Waals surface area (Å²) >= 11 is 0. The predicted octanol–water partition coefficient (Wildman–Crippen LogP) is 3.46.